The zero-order valence-corrected chi connectivity index (χ0v) is 12.3. The summed E-state index contributed by atoms with van der Waals surface area (Å²) < 4.78 is 31.4. The number of sulfonamides is 1. The lowest BCUT2D eigenvalue weighted by Gasteiger charge is -2.07. The Morgan fingerprint density at radius 1 is 1.38 bits per heavy atom. The van der Waals surface area contributed by atoms with Crippen molar-refractivity contribution in [2.24, 2.45) is 0 Å². The minimum atomic E-state index is -3.77. The van der Waals surface area contributed by atoms with Crippen LogP contribution in [0, 0.1) is 11.8 Å². The standard InChI is InChI=1S/C13H11ClN2O4S/c14-12-8-10(2-1-7-17)3-4-13(12)21(18,19)16-9-11-5-6-15-20-11/h3-6,8,16-17H,7,9H2. The Balaban J connectivity index is 2.19. The fraction of sp³-hybridized carbons (Fsp3) is 0.154. The minimum absolute atomic E-state index is 0.0231. The van der Waals surface area contributed by atoms with Crippen molar-refractivity contribution in [3.8, 4) is 11.8 Å². The van der Waals surface area contributed by atoms with Gasteiger partial charge < -0.3 is 9.63 Å². The first-order chi connectivity index (χ1) is 10.0. The molecule has 0 radical (unpaired) electrons. The molecular weight excluding hydrogens is 316 g/mol. The average molecular weight is 327 g/mol. The van der Waals surface area contributed by atoms with E-state index in [4.69, 9.17) is 21.2 Å². The van der Waals surface area contributed by atoms with Crippen molar-refractivity contribution >= 4 is 21.6 Å². The number of nitrogens with one attached hydrogen (secondary N) is 1. The lowest BCUT2D eigenvalue weighted by atomic mass is 10.2. The van der Waals surface area contributed by atoms with Gasteiger partial charge in [0.05, 0.1) is 17.8 Å². The topological polar surface area (TPSA) is 92.4 Å². The van der Waals surface area contributed by atoms with Crippen LogP contribution in [-0.4, -0.2) is 25.3 Å². The van der Waals surface area contributed by atoms with Gasteiger partial charge in [-0.3, -0.25) is 0 Å². The van der Waals surface area contributed by atoms with Gasteiger partial charge in [0, 0.05) is 11.6 Å². The van der Waals surface area contributed by atoms with Gasteiger partial charge in [0.25, 0.3) is 0 Å². The van der Waals surface area contributed by atoms with Crippen LogP contribution in [0.1, 0.15) is 11.3 Å². The fourth-order valence-corrected chi connectivity index (χ4v) is 3.05. The van der Waals surface area contributed by atoms with E-state index in [2.05, 4.69) is 21.7 Å². The summed E-state index contributed by atoms with van der Waals surface area (Å²) in [6.07, 6.45) is 1.42. The molecule has 1 heterocycles. The van der Waals surface area contributed by atoms with Crippen molar-refractivity contribution in [1.29, 1.82) is 0 Å². The molecule has 2 rings (SSSR count). The molecule has 0 aliphatic carbocycles. The number of hydrogen-bond donors (Lipinski definition) is 2. The Hall–Kier alpha value is -1.85. The molecule has 0 unspecified atom stereocenters. The third-order valence-electron chi connectivity index (χ3n) is 2.46. The van der Waals surface area contributed by atoms with Crippen LogP contribution in [0.4, 0.5) is 0 Å². The van der Waals surface area contributed by atoms with Crippen LogP contribution < -0.4 is 4.72 Å². The van der Waals surface area contributed by atoms with Gasteiger partial charge in [0.1, 0.15) is 11.5 Å². The largest absolute Gasteiger partial charge is 0.384 e. The summed E-state index contributed by atoms with van der Waals surface area (Å²) in [7, 11) is -3.77. The second kappa shape index (κ2) is 6.74. The summed E-state index contributed by atoms with van der Waals surface area (Å²) in [4.78, 5) is -0.0572. The Labute approximate surface area is 126 Å². The molecule has 6 nitrogen and oxygen atoms in total. The smallest absolute Gasteiger partial charge is 0.242 e. The van der Waals surface area contributed by atoms with Gasteiger partial charge >= 0.3 is 0 Å². The Morgan fingerprint density at radius 2 is 2.19 bits per heavy atom. The molecule has 8 heteroatoms. The number of nitrogens with zero attached hydrogens (tertiary/aromatic N) is 1. The highest BCUT2D eigenvalue weighted by Gasteiger charge is 2.18. The van der Waals surface area contributed by atoms with E-state index in [0.717, 1.165) is 0 Å². The van der Waals surface area contributed by atoms with Crippen LogP contribution in [-0.2, 0) is 16.6 Å². The molecule has 1 aromatic heterocycles. The number of aliphatic hydroxyl groups excluding tert-OH is 1. The third kappa shape index (κ3) is 4.06. The molecule has 0 saturated heterocycles. The Bertz CT molecular complexity index is 776. The zero-order chi connectivity index (χ0) is 15.3. The molecule has 1 aromatic carbocycles. The van der Waals surface area contributed by atoms with E-state index in [1.807, 2.05) is 0 Å². The third-order valence-corrected chi connectivity index (χ3v) is 4.35. The second-order valence-corrected chi connectivity index (χ2v) is 6.05. The number of aliphatic hydroxyl groups is 1. The van der Waals surface area contributed by atoms with Crippen LogP contribution in [0.3, 0.4) is 0 Å². The van der Waals surface area contributed by atoms with Gasteiger partial charge in [0.2, 0.25) is 10.0 Å². The van der Waals surface area contributed by atoms with Gasteiger partial charge in [-0.05, 0) is 18.2 Å². The van der Waals surface area contributed by atoms with E-state index in [1.165, 1.54) is 24.4 Å². The van der Waals surface area contributed by atoms with Crippen LogP contribution >= 0.6 is 11.6 Å². The highest BCUT2D eigenvalue weighted by molar-refractivity contribution is 7.89. The van der Waals surface area contributed by atoms with Crippen molar-refractivity contribution in [2.75, 3.05) is 6.61 Å². The maximum absolute atomic E-state index is 12.1. The van der Waals surface area contributed by atoms with E-state index < -0.39 is 10.0 Å². The molecule has 0 atom stereocenters. The fourth-order valence-electron chi connectivity index (χ4n) is 1.52. The summed E-state index contributed by atoms with van der Waals surface area (Å²) in [6, 6.07) is 5.84. The number of aromatic nitrogens is 1. The molecule has 2 N–H and O–H groups in total. The summed E-state index contributed by atoms with van der Waals surface area (Å²) >= 11 is 5.97. The van der Waals surface area contributed by atoms with Crippen molar-refractivity contribution in [2.45, 2.75) is 11.4 Å². The molecule has 0 amide bonds. The van der Waals surface area contributed by atoms with Crippen LogP contribution in [0.5, 0.6) is 0 Å². The maximum atomic E-state index is 12.1. The number of halogens is 1. The van der Waals surface area contributed by atoms with Crippen molar-refractivity contribution in [3.63, 3.8) is 0 Å². The molecular formula is C13H11ClN2O4S. The normalized spacial score (nSPS) is 11.0. The van der Waals surface area contributed by atoms with E-state index >= 15 is 0 Å². The van der Waals surface area contributed by atoms with Crippen molar-refractivity contribution in [3.05, 3.63) is 46.8 Å². The molecule has 0 fully saturated rings. The van der Waals surface area contributed by atoms with Crippen LogP contribution in [0.2, 0.25) is 5.02 Å². The number of hydrogen-bond acceptors (Lipinski definition) is 5. The van der Waals surface area contributed by atoms with Gasteiger partial charge in [-0.1, -0.05) is 28.6 Å². The van der Waals surface area contributed by atoms with Gasteiger partial charge in [0.15, 0.2) is 5.76 Å². The summed E-state index contributed by atoms with van der Waals surface area (Å²) in [6.45, 7) is -0.304. The molecule has 21 heavy (non-hydrogen) atoms. The first kappa shape index (κ1) is 15.5. The minimum Gasteiger partial charge on any atom is -0.384 e. The predicted molar refractivity (Wildman–Crippen MR) is 75.9 cm³/mol. The molecule has 0 saturated carbocycles. The van der Waals surface area contributed by atoms with E-state index in [9.17, 15) is 8.42 Å². The van der Waals surface area contributed by atoms with Crippen LogP contribution in [0.25, 0.3) is 0 Å². The highest BCUT2D eigenvalue weighted by Crippen LogP contribution is 2.22. The van der Waals surface area contributed by atoms with Gasteiger partial charge in [-0.2, -0.15) is 0 Å². The Kier molecular flexibility index (Phi) is 4.98. The Morgan fingerprint density at radius 3 is 2.81 bits per heavy atom. The van der Waals surface area contributed by atoms with Crippen molar-refractivity contribution < 1.29 is 18.0 Å². The van der Waals surface area contributed by atoms with Gasteiger partial charge in [-0.15, -0.1) is 0 Å². The SMILES string of the molecule is O=S(=O)(NCc1ccno1)c1ccc(C#CCO)cc1Cl. The molecule has 110 valence electrons. The molecule has 0 spiro atoms. The lowest BCUT2D eigenvalue weighted by Crippen LogP contribution is -2.23. The molecule has 0 aliphatic rings. The number of benzene rings is 1. The average Bonchev–Trinajstić information content (AvgIpc) is 2.96. The van der Waals surface area contributed by atoms with Crippen LogP contribution in [0.15, 0.2) is 39.9 Å². The summed E-state index contributed by atoms with van der Waals surface area (Å²) in [5, 5.41) is 12.1. The first-order valence-electron chi connectivity index (χ1n) is 5.81. The first-order valence-corrected chi connectivity index (χ1v) is 7.67. The number of rotatable bonds is 4. The lowest BCUT2D eigenvalue weighted by molar-refractivity contribution is 0.350. The predicted octanol–water partition coefficient (Wildman–Crippen LogP) is 1.15. The van der Waals surface area contributed by atoms with Gasteiger partial charge in [-0.25, -0.2) is 13.1 Å². The highest BCUT2D eigenvalue weighted by atomic mass is 35.5. The quantitative estimate of drug-likeness (QED) is 0.822. The summed E-state index contributed by atoms with van der Waals surface area (Å²) in [5.74, 6) is 5.49. The monoisotopic (exact) mass is 326 g/mol. The maximum Gasteiger partial charge on any atom is 0.242 e. The molecule has 2 aromatic rings. The summed E-state index contributed by atoms with van der Waals surface area (Å²) in [5.41, 5.74) is 0.517. The van der Waals surface area contributed by atoms with E-state index in [1.54, 1.807) is 6.07 Å². The van der Waals surface area contributed by atoms with E-state index in [0.29, 0.717) is 11.3 Å². The van der Waals surface area contributed by atoms with E-state index in [-0.39, 0.29) is 23.1 Å². The molecule has 0 bridgehead atoms. The second-order valence-electron chi connectivity index (χ2n) is 3.91. The molecule has 0 aliphatic heterocycles. The van der Waals surface area contributed by atoms with Crippen molar-refractivity contribution in [1.82, 2.24) is 9.88 Å². The zero-order valence-electron chi connectivity index (χ0n) is 10.7.